The van der Waals surface area contributed by atoms with Crippen LogP contribution in [0, 0.1) is 6.92 Å². The number of halogens is 2. The SMILES string of the molecule is Cc1[nH]cc(NS(=O)(=O)c2cc(Cl)c(Br)s2)c1C(=O)O. The van der Waals surface area contributed by atoms with Gasteiger partial charge in [0.05, 0.1) is 14.5 Å². The van der Waals surface area contributed by atoms with Crippen LogP contribution in [-0.2, 0) is 10.0 Å². The Labute approximate surface area is 132 Å². The molecule has 0 aromatic carbocycles. The van der Waals surface area contributed by atoms with Gasteiger partial charge in [-0.2, -0.15) is 0 Å². The second kappa shape index (κ2) is 5.40. The summed E-state index contributed by atoms with van der Waals surface area (Å²) in [5.41, 5.74) is 0.228. The molecular formula is C10H8BrClN2O4S2. The number of carboxylic acids is 1. The maximum Gasteiger partial charge on any atom is 0.339 e. The second-order valence-corrected chi connectivity index (χ2v) is 8.49. The molecule has 108 valence electrons. The normalized spacial score (nSPS) is 11.6. The van der Waals surface area contributed by atoms with Gasteiger partial charge in [0.2, 0.25) is 0 Å². The first kappa shape index (κ1) is 15.4. The molecule has 0 aliphatic heterocycles. The minimum absolute atomic E-state index is 0.00966. The van der Waals surface area contributed by atoms with Crippen molar-refractivity contribution in [3.05, 3.63) is 32.3 Å². The van der Waals surface area contributed by atoms with Crippen molar-refractivity contribution < 1.29 is 18.3 Å². The first-order valence-electron chi connectivity index (χ1n) is 5.11. The number of sulfonamides is 1. The van der Waals surface area contributed by atoms with Gasteiger partial charge < -0.3 is 10.1 Å². The van der Waals surface area contributed by atoms with Crippen molar-refractivity contribution in [2.75, 3.05) is 4.72 Å². The van der Waals surface area contributed by atoms with E-state index in [9.17, 15) is 13.2 Å². The Morgan fingerprint density at radius 1 is 1.55 bits per heavy atom. The van der Waals surface area contributed by atoms with Crippen LogP contribution in [0.1, 0.15) is 16.1 Å². The topological polar surface area (TPSA) is 99.3 Å². The molecule has 0 aliphatic rings. The zero-order valence-electron chi connectivity index (χ0n) is 9.90. The summed E-state index contributed by atoms with van der Waals surface area (Å²) >= 11 is 9.86. The highest BCUT2D eigenvalue weighted by molar-refractivity contribution is 9.11. The number of hydrogen-bond donors (Lipinski definition) is 3. The van der Waals surface area contributed by atoms with Crippen LogP contribution in [0.2, 0.25) is 5.02 Å². The van der Waals surface area contributed by atoms with Crippen molar-refractivity contribution in [2.24, 2.45) is 0 Å². The predicted octanol–water partition coefficient (Wildman–Crippen LogP) is 3.30. The number of thiophene rings is 1. The molecule has 2 heterocycles. The highest BCUT2D eigenvalue weighted by Crippen LogP contribution is 2.35. The van der Waals surface area contributed by atoms with E-state index in [1.165, 1.54) is 12.3 Å². The highest BCUT2D eigenvalue weighted by atomic mass is 79.9. The van der Waals surface area contributed by atoms with E-state index in [-0.39, 0.29) is 20.5 Å². The molecule has 0 unspecified atom stereocenters. The van der Waals surface area contributed by atoms with Gasteiger partial charge in [-0.1, -0.05) is 11.6 Å². The summed E-state index contributed by atoms with van der Waals surface area (Å²) in [5, 5.41) is 9.35. The van der Waals surface area contributed by atoms with Gasteiger partial charge in [-0.3, -0.25) is 4.72 Å². The molecule has 2 rings (SSSR count). The lowest BCUT2D eigenvalue weighted by Crippen LogP contribution is -2.13. The molecule has 2 aromatic heterocycles. The fourth-order valence-electron chi connectivity index (χ4n) is 1.54. The van der Waals surface area contributed by atoms with Crippen LogP contribution in [-0.4, -0.2) is 24.5 Å². The maximum absolute atomic E-state index is 12.2. The third kappa shape index (κ3) is 2.85. The Kier molecular flexibility index (Phi) is 4.14. The van der Waals surface area contributed by atoms with E-state index < -0.39 is 16.0 Å². The molecule has 20 heavy (non-hydrogen) atoms. The Morgan fingerprint density at radius 3 is 2.70 bits per heavy atom. The number of rotatable bonds is 4. The van der Waals surface area contributed by atoms with Crippen molar-refractivity contribution in [3.63, 3.8) is 0 Å². The number of aromatic amines is 1. The lowest BCUT2D eigenvalue weighted by Gasteiger charge is -2.05. The minimum atomic E-state index is -3.89. The zero-order valence-corrected chi connectivity index (χ0v) is 13.9. The van der Waals surface area contributed by atoms with Crippen LogP contribution in [0.4, 0.5) is 5.69 Å². The molecule has 0 spiro atoms. The second-order valence-electron chi connectivity index (χ2n) is 3.80. The largest absolute Gasteiger partial charge is 0.478 e. The predicted molar refractivity (Wildman–Crippen MR) is 80.3 cm³/mol. The number of carboxylic acid groups (broad SMARTS) is 1. The Bertz CT molecular complexity index is 762. The van der Waals surface area contributed by atoms with E-state index >= 15 is 0 Å². The van der Waals surface area contributed by atoms with Gasteiger partial charge in [-0.05, 0) is 28.9 Å². The van der Waals surface area contributed by atoms with Gasteiger partial charge in [0, 0.05) is 11.9 Å². The number of aryl methyl sites for hydroxylation is 1. The summed E-state index contributed by atoms with van der Waals surface area (Å²) < 4.78 is 27.0. The molecule has 0 fully saturated rings. The molecule has 2 aromatic rings. The molecule has 3 N–H and O–H groups in total. The zero-order chi connectivity index (χ0) is 15.1. The summed E-state index contributed by atoms with van der Waals surface area (Å²) in [5.74, 6) is -1.22. The van der Waals surface area contributed by atoms with Crippen LogP contribution in [0.3, 0.4) is 0 Å². The van der Waals surface area contributed by atoms with Crippen molar-refractivity contribution >= 4 is 60.5 Å². The number of aromatic nitrogens is 1. The fraction of sp³-hybridized carbons (Fsp3) is 0.100. The van der Waals surface area contributed by atoms with Gasteiger partial charge in [0.15, 0.2) is 0 Å². The van der Waals surface area contributed by atoms with E-state index in [1.807, 2.05) is 0 Å². The summed E-state index contributed by atoms with van der Waals surface area (Å²) in [6.07, 6.45) is 1.29. The molecule has 6 nitrogen and oxygen atoms in total. The van der Waals surface area contributed by atoms with Gasteiger partial charge >= 0.3 is 5.97 Å². The summed E-state index contributed by atoms with van der Waals surface area (Å²) in [7, 11) is -3.89. The number of anilines is 1. The number of hydrogen-bond acceptors (Lipinski definition) is 4. The molecule has 0 saturated carbocycles. The Hall–Kier alpha value is -1.03. The van der Waals surface area contributed by atoms with Gasteiger partial charge in [0.25, 0.3) is 10.0 Å². The van der Waals surface area contributed by atoms with Gasteiger partial charge in [0.1, 0.15) is 9.77 Å². The number of H-pyrrole nitrogens is 1. The molecule has 10 heteroatoms. The smallest absolute Gasteiger partial charge is 0.339 e. The monoisotopic (exact) mass is 398 g/mol. The average molecular weight is 400 g/mol. The molecule has 0 amide bonds. The van der Waals surface area contributed by atoms with Crippen LogP contribution in [0.25, 0.3) is 0 Å². The third-order valence-corrected chi connectivity index (χ3v) is 6.74. The molecule has 0 radical (unpaired) electrons. The molecule has 0 aliphatic carbocycles. The molecule has 0 saturated heterocycles. The number of aromatic carboxylic acids is 1. The van der Waals surface area contributed by atoms with Crippen molar-refractivity contribution in [1.82, 2.24) is 4.98 Å². The highest BCUT2D eigenvalue weighted by Gasteiger charge is 2.23. The summed E-state index contributed by atoms with van der Waals surface area (Å²) in [6, 6.07) is 1.29. The Morgan fingerprint density at radius 2 is 2.20 bits per heavy atom. The van der Waals surface area contributed by atoms with Gasteiger partial charge in [-0.15, -0.1) is 11.3 Å². The quantitative estimate of drug-likeness (QED) is 0.734. The van der Waals surface area contributed by atoms with E-state index in [0.29, 0.717) is 9.48 Å². The first-order chi connectivity index (χ1) is 9.22. The van der Waals surface area contributed by atoms with Gasteiger partial charge in [-0.25, -0.2) is 13.2 Å². The van der Waals surface area contributed by atoms with Crippen molar-refractivity contribution in [1.29, 1.82) is 0 Å². The lowest BCUT2D eigenvalue weighted by molar-refractivity contribution is 0.0697. The maximum atomic E-state index is 12.2. The van der Waals surface area contributed by atoms with E-state index in [2.05, 4.69) is 25.6 Å². The third-order valence-electron chi connectivity index (χ3n) is 2.42. The average Bonchev–Trinajstić information content (AvgIpc) is 2.83. The lowest BCUT2D eigenvalue weighted by atomic mass is 10.2. The van der Waals surface area contributed by atoms with Crippen molar-refractivity contribution in [3.8, 4) is 0 Å². The van der Waals surface area contributed by atoms with Crippen LogP contribution < -0.4 is 4.72 Å². The number of nitrogens with one attached hydrogen (secondary N) is 2. The first-order valence-corrected chi connectivity index (χ1v) is 8.58. The van der Waals surface area contributed by atoms with Crippen LogP contribution in [0.15, 0.2) is 20.3 Å². The fourth-order valence-corrected chi connectivity index (χ4v) is 5.00. The number of carbonyl (C=O) groups is 1. The molecular weight excluding hydrogens is 392 g/mol. The molecule has 0 bridgehead atoms. The van der Waals surface area contributed by atoms with E-state index in [0.717, 1.165) is 11.3 Å². The van der Waals surface area contributed by atoms with Crippen molar-refractivity contribution in [2.45, 2.75) is 11.1 Å². The van der Waals surface area contributed by atoms with E-state index in [1.54, 1.807) is 6.92 Å². The van der Waals surface area contributed by atoms with Crippen LogP contribution in [0.5, 0.6) is 0 Å². The Balaban J connectivity index is 2.41. The minimum Gasteiger partial charge on any atom is -0.478 e. The summed E-state index contributed by atoms with van der Waals surface area (Å²) in [6.45, 7) is 1.54. The molecule has 0 atom stereocenters. The summed E-state index contributed by atoms with van der Waals surface area (Å²) in [4.78, 5) is 13.8. The standard InChI is InChI=1S/C10H8BrClN2O4S2/c1-4-8(10(15)16)6(3-13-4)14-20(17,18)7-2-5(12)9(11)19-7/h2-3,13-14H,1H3,(H,15,16). The van der Waals surface area contributed by atoms with Crippen LogP contribution >= 0.6 is 38.9 Å². The van der Waals surface area contributed by atoms with E-state index in [4.69, 9.17) is 16.7 Å².